The number of anilines is 1. The van der Waals surface area contributed by atoms with Gasteiger partial charge in [0.2, 0.25) is 5.91 Å². The third-order valence-electron chi connectivity index (χ3n) is 3.47. The van der Waals surface area contributed by atoms with E-state index in [-0.39, 0.29) is 11.2 Å². The number of nitrogens with zero attached hydrogens (tertiary/aromatic N) is 2. The molecule has 0 aliphatic heterocycles. The minimum absolute atomic E-state index is 0.117. The number of fused-ring (bicyclic) bond motifs is 1. The lowest BCUT2D eigenvalue weighted by Gasteiger charge is -2.14. The number of para-hydroxylation sites is 2. The number of rotatable bonds is 4. The van der Waals surface area contributed by atoms with Crippen LogP contribution in [0.1, 0.15) is 12.7 Å². The van der Waals surface area contributed by atoms with Crippen LogP contribution in [0.3, 0.4) is 0 Å². The lowest BCUT2D eigenvalue weighted by Crippen LogP contribution is -2.22. The van der Waals surface area contributed by atoms with Gasteiger partial charge >= 0.3 is 0 Å². The van der Waals surface area contributed by atoms with Crippen molar-refractivity contribution in [3.8, 4) is 0 Å². The van der Waals surface area contributed by atoms with Crippen LogP contribution in [-0.2, 0) is 4.79 Å². The smallest absolute Gasteiger partial charge is 0.237 e. The molecule has 0 fully saturated rings. The van der Waals surface area contributed by atoms with Crippen molar-refractivity contribution in [3.05, 3.63) is 59.4 Å². The molecule has 0 radical (unpaired) electrons. The number of aromatic nitrogens is 2. The number of aryl methyl sites for hydroxylation is 1. The molecular formula is C18H16ClN3OS. The summed E-state index contributed by atoms with van der Waals surface area (Å²) in [6.07, 6.45) is 0. The summed E-state index contributed by atoms with van der Waals surface area (Å²) in [6, 6.07) is 15.0. The van der Waals surface area contributed by atoms with Crippen molar-refractivity contribution in [2.45, 2.75) is 24.1 Å². The Morgan fingerprint density at radius 1 is 1.12 bits per heavy atom. The first-order valence-electron chi connectivity index (χ1n) is 7.50. The monoisotopic (exact) mass is 357 g/mol. The van der Waals surface area contributed by atoms with E-state index < -0.39 is 0 Å². The number of thioether (sulfide) groups is 1. The first-order chi connectivity index (χ1) is 11.5. The summed E-state index contributed by atoms with van der Waals surface area (Å²) in [6.45, 7) is 3.70. The van der Waals surface area contributed by atoms with Crippen LogP contribution in [-0.4, -0.2) is 21.1 Å². The molecule has 0 spiro atoms. The number of nitrogens with one attached hydrogen (secondary N) is 1. The van der Waals surface area contributed by atoms with Crippen LogP contribution in [0.2, 0.25) is 5.02 Å². The van der Waals surface area contributed by atoms with Crippen molar-refractivity contribution < 1.29 is 4.79 Å². The maximum absolute atomic E-state index is 12.5. The number of carbonyl (C=O) groups is 1. The van der Waals surface area contributed by atoms with E-state index in [0.717, 1.165) is 15.9 Å². The molecule has 0 saturated carbocycles. The lowest BCUT2D eigenvalue weighted by atomic mass is 10.2. The molecule has 1 amide bonds. The second kappa shape index (κ2) is 7.20. The Morgan fingerprint density at radius 3 is 2.62 bits per heavy atom. The average Bonchev–Trinajstić information content (AvgIpc) is 2.56. The minimum Gasteiger partial charge on any atom is -0.324 e. The van der Waals surface area contributed by atoms with Gasteiger partial charge < -0.3 is 5.32 Å². The maximum atomic E-state index is 12.5. The Balaban J connectivity index is 1.81. The van der Waals surface area contributed by atoms with Gasteiger partial charge in [0.25, 0.3) is 0 Å². The number of halogens is 1. The summed E-state index contributed by atoms with van der Waals surface area (Å²) in [4.78, 5) is 21.4. The number of hydrogen-bond donors (Lipinski definition) is 1. The Bertz CT molecular complexity index is 900. The standard InChI is InChI=1S/C18H16ClN3OS/c1-11(17(23)22-16-10-6-4-8-14(16)19)24-18-13-7-3-5-9-15(13)20-12(2)21-18/h3-11H,1-2H3,(H,22,23)/t11-/m0/s1. The largest absolute Gasteiger partial charge is 0.324 e. The molecule has 6 heteroatoms. The van der Waals surface area contributed by atoms with E-state index in [4.69, 9.17) is 11.6 Å². The van der Waals surface area contributed by atoms with Gasteiger partial charge in [-0.15, -0.1) is 0 Å². The van der Waals surface area contributed by atoms with Gasteiger partial charge in [-0.1, -0.05) is 53.7 Å². The summed E-state index contributed by atoms with van der Waals surface area (Å²) >= 11 is 7.50. The van der Waals surface area contributed by atoms with Gasteiger partial charge in [-0.2, -0.15) is 0 Å². The lowest BCUT2D eigenvalue weighted by molar-refractivity contribution is -0.115. The van der Waals surface area contributed by atoms with E-state index in [1.165, 1.54) is 11.8 Å². The molecule has 0 bridgehead atoms. The third kappa shape index (κ3) is 3.68. The number of hydrogen-bond acceptors (Lipinski definition) is 4. The molecule has 2 aromatic carbocycles. The van der Waals surface area contributed by atoms with Gasteiger partial charge in [0.1, 0.15) is 10.9 Å². The molecule has 1 N–H and O–H groups in total. The van der Waals surface area contributed by atoms with Crippen molar-refractivity contribution in [3.63, 3.8) is 0 Å². The predicted molar refractivity (Wildman–Crippen MR) is 99.7 cm³/mol. The summed E-state index contributed by atoms with van der Waals surface area (Å²) in [5.41, 5.74) is 1.49. The highest BCUT2D eigenvalue weighted by molar-refractivity contribution is 8.00. The summed E-state index contributed by atoms with van der Waals surface area (Å²) in [5, 5.41) is 4.81. The Labute approximate surface area is 149 Å². The van der Waals surface area contributed by atoms with Crippen LogP contribution in [0.15, 0.2) is 53.6 Å². The average molecular weight is 358 g/mol. The molecule has 1 atom stereocenters. The van der Waals surface area contributed by atoms with Crippen molar-refractivity contribution in [1.82, 2.24) is 9.97 Å². The highest BCUT2D eigenvalue weighted by atomic mass is 35.5. The second-order valence-corrected chi connectivity index (χ2v) is 7.06. The summed E-state index contributed by atoms with van der Waals surface area (Å²) < 4.78 is 0. The van der Waals surface area contributed by atoms with Gasteiger partial charge in [0, 0.05) is 5.39 Å². The quantitative estimate of drug-likeness (QED) is 0.542. The summed E-state index contributed by atoms with van der Waals surface area (Å²) in [5.74, 6) is 0.573. The van der Waals surface area contributed by atoms with Gasteiger partial charge in [-0.3, -0.25) is 4.79 Å². The normalized spacial score (nSPS) is 12.1. The predicted octanol–water partition coefficient (Wildman–Crippen LogP) is 4.71. The first kappa shape index (κ1) is 16.7. The molecule has 0 aliphatic carbocycles. The number of benzene rings is 2. The van der Waals surface area contributed by atoms with E-state index in [0.29, 0.717) is 16.5 Å². The SMILES string of the molecule is Cc1nc(S[C@@H](C)C(=O)Nc2ccccc2Cl)c2ccccc2n1. The zero-order valence-electron chi connectivity index (χ0n) is 13.3. The van der Waals surface area contributed by atoms with E-state index >= 15 is 0 Å². The van der Waals surface area contributed by atoms with Crippen LogP contribution < -0.4 is 5.32 Å². The topological polar surface area (TPSA) is 54.9 Å². The molecule has 24 heavy (non-hydrogen) atoms. The van der Waals surface area contributed by atoms with E-state index in [2.05, 4.69) is 15.3 Å². The van der Waals surface area contributed by atoms with Crippen LogP contribution in [0.4, 0.5) is 5.69 Å². The maximum Gasteiger partial charge on any atom is 0.237 e. The number of carbonyl (C=O) groups excluding carboxylic acids is 1. The second-order valence-electron chi connectivity index (χ2n) is 5.32. The van der Waals surface area contributed by atoms with Crippen molar-refractivity contribution in [2.24, 2.45) is 0 Å². The molecule has 1 heterocycles. The molecule has 0 saturated heterocycles. The minimum atomic E-state index is -0.320. The van der Waals surface area contributed by atoms with E-state index in [9.17, 15) is 4.79 Å². The summed E-state index contributed by atoms with van der Waals surface area (Å²) in [7, 11) is 0. The van der Waals surface area contributed by atoms with Gasteiger partial charge in [0.05, 0.1) is 21.5 Å². The molecule has 3 aromatic rings. The van der Waals surface area contributed by atoms with Gasteiger partial charge in [0.15, 0.2) is 0 Å². The van der Waals surface area contributed by atoms with Crippen LogP contribution in [0.25, 0.3) is 10.9 Å². The zero-order chi connectivity index (χ0) is 17.1. The van der Waals surface area contributed by atoms with Crippen LogP contribution in [0, 0.1) is 6.92 Å². The first-order valence-corrected chi connectivity index (χ1v) is 8.76. The molecule has 122 valence electrons. The van der Waals surface area contributed by atoms with Gasteiger partial charge in [-0.25, -0.2) is 9.97 Å². The molecule has 0 unspecified atom stereocenters. The molecule has 3 rings (SSSR count). The van der Waals surface area contributed by atoms with E-state index in [1.807, 2.05) is 50.2 Å². The van der Waals surface area contributed by atoms with Crippen LogP contribution >= 0.6 is 23.4 Å². The number of amides is 1. The highest BCUT2D eigenvalue weighted by Gasteiger charge is 2.18. The third-order valence-corrected chi connectivity index (χ3v) is 4.90. The van der Waals surface area contributed by atoms with Gasteiger partial charge in [-0.05, 0) is 32.0 Å². The molecular weight excluding hydrogens is 342 g/mol. The molecule has 4 nitrogen and oxygen atoms in total. The fraction of sp³-hybridized carbons (Fsp3) is 0.167. The van der Waals surface area contributed by atoms with Crippen molar-refractivity contribution >= 4 is 45.9 Å². The molecule has 1 aromatic heterocycles. The van der Waals surface area contributed by atoms with Crippen molar-refractivity contribution in [2.75, 3.05) is 5.32 Å². The van der Waals surface area contributed by atoms with Crippen LogP contribution in [0.5, 0.6) is 0 Å². The van der Waals surface area contributed by atoms with Crippen molar-refractivity contribution in [1.29, 1.82) is 0 Å². The zero-order valence-corrected chi connectivity index (χ0v) is 14.9. The molecule has 0 aliphatic rings. The Hall–Kier alpha value is -2.11. The fourth-order valence-corrected chi connectivity index (χ4v) is 3.43. The Morgan fingerprint density at radius 2 is 1.83 bits per heavy atom. The Kier molecular flexibility index (Phi) is 5.02. The van der Waals surface area contributed by atoms with E-state index in [1.54, 1.807) is 12.1 Å². The fourth-order valence-electron chi connectivity index (χ4n) is 2.27. The highest BCUT2D eigenvalue weighted by Crippen LogP contribution is 2.29.